The molecule has 1 aliphatic rings. The molecule has 0 saturated heterocycles. The van der Waals surface area contributed by atoms with Crippen LogP contribution in [0.5, 0.6) is 5.75 Å². The molecule has 5 heteroatoms. The Labute approximate surface area is 122 Å². The van der Waals surface area contributed by atoms with E-state index in [1.165, 1.54) is 5.01 Å². The number of primary amides is 1. The molecular formula is C16H15N3O2. The van der Waals surface area contributed by atoms with Crippen molar-refractivity contribution in [1.82, 2.24) is 5.01 Å². The summed E-state index contributed by atoms with van der Waals surface area (Å²) < 4.78 is 0. The summed E-state index contributed by atoms with van der Waals surface area (Å²) in [5, 5.41) is 15.6. The van der Waals surface area contributed by atoms with Crippen LogP contribution < -0.4 is 5.73 Å². The highest BCUT2D eigenvalue weighted by atomic mass is 16.3. The Morgan fingerprint density at radius 1 is 1.14 bits per heavy atom. The summed E-state index contributed by atoms with van der Waals surface area (Å²) in [6, 6.07) is 15.5. The number of nitrogens with zero attached hydrogens (tertiary/aromatic N) is 2. The molecule has 0 bridgehead atoms. The van der Waals surface area contributed by atoms with Crippen LogP contribution in [0, 0.1) is 0 Å². The zero-order valence-corrected chi connectivity index (χ0v) is 11.3. The minimum absolute atomic E-state index is 0.137. The Kier molecular flexibility index (Phi) is 3.31. The third kappa shape index (κ3) is 2.45. The number of para-hydroxylation sites is 1. The molecule has 2 amide bonds. The molecule has 3 rings (SSSR count). The molecule has 5 nitrogen and oxygen atoms in total. The van der Waals surface area contributed by atoms with Gasteiger partial charge in [-0.3, -0.25) is 0 Å². The van der Waals surface area contributed by atoms with Gasteiger partial charge in [-0.1, -0.05) is 48.5 Å². The summed E-state index contributed by atoms with van der Waals surface area (Å²) in [7, 11) is 0. The first-order chi connectivity index (χ1) is 10.2. The van der Waals surface area contributed by atoms with Crippen LogP contribution in [-0.2, 0) is 0 Å². The van der Waals surface area contributed by atoms with E-state index in [4.69, 9.17) is 5.73 Å². The fraction of sp³-hybridized carbons (Fsp3) is 0.125. The number of hydrogen-bond donors (Lipinski definition) is 2. The van der Waals surface area contributed by atoms with Crippen LogP contribution in [0.2, 0.25) is 0 Å². The maximum Gasteiger partial charge on any atom is 0.335 e. The van der Waals surface area contributed by atoms with Crippen LogP contribution in [0.1, 0.15) is 23.6 Å². The Balaban J connectivity index is 1.98. The van der Waals surface area contributed by atoms with E-state index in [1.807, 2.05) is 36.4 Å². The number of hydrazone groups is 1. The van der Waals surface area contributed by atoms with Gasteiger partial charge in [0.05, 0.1) is 11.8 Å². The summed E-state index contributed by atoms with van der Waals surface area (Å²) in [6.07, 6.45) is 0.518. The van der Waals surface area contributed by atoms with Gasteiger partial charge < -0.3 is 10.8 Å². The molecule has 0 aromatic heterocycles. The zero-order chi connectivity index (χ0) is 14.8. The number of rotatable bonds is 2. The molecule has 2 aromatic rings. The molecule has 106 valence electrons. The minimum Gasteiger partial charge on any atom is -0.508 e. The van der Waals surface area contributed by atoms with Gasteiger partial charge >= 0.3 is 6.03 Å². The predicted molar refractivity (Wildman–Crippen MR) is 79.9 cm³/mol. The first kappa shape index (κ1) is 13.2. The van der Waals surface area contributed by atoms with E-state index in [0.717, 1.165) is 11.3 Å². The molecule has 0 aliphatic carbocycles. The van der Waals surface area contributed by atoms with E-state index in [0.29, 0.717) is 12.0 Å². The average molecular weight is 281 g/mol. The molecule has 0 radical (unpaired) electrons. The number of benzene rings is 2. The van der Waals surface area contributed by atoms with Crippen molar-refractivity contribution >= 4 is 11.7 Å². The molecular weight excluding hydrogens is 266 g/mol. The summed E-state index contributed by atoms with van der Waals surface area (Å²) in [6.45, 7) is 0. The van der Waals surface area contributed by atoms with Gasteiger partial charge in [0.1, 0.15) is 5.75 Å². The number of aromatic hydroxyl groups is 1. The number of urea groups is 1. The van der Waals surface area contributed by atoms with Crippen molar-refractivity contribution in [2.24, 2.45) is 10.8 Å². The number of nitrogens with two attached hydrogens (primary N) is 1. The van der Waals surface area contributed by atoms with Gasteiger partial charge in [0.2, 0.25) is 0 Å². The highest BCUT2D eigenvalue weighted by Gasteiger charge is 2.33. The van der Waals surface area contributed by atoms with E-state index >= 15 is 0 Å². The third-order valence-electron chi connectivity index (χ3n) is 3.54. The predicted octanol–water partition coefficient (Wildman–Crippen LogP) is 2.62. The second-order valence-corrected chi connectivity index (χ2v) is 4.87. The van der Waals surface area contributed by atoms with Gasteiger partial charge in [-0.05, 0) is 11.6 Å². The number of hydrogen-bond acceptors (Lipinski definition) is 3. The summed E-state index contributed by atoms with van der Waals surface area (Å²) in [5.41, 5.74) is 7.78. The summed E-state index contributed by atoms with van der Waals surface area (Å²) in [5.74, 6) is 0.137. The molecule has 2 aromatic carbocycles. The average Bonchev–Trinajstić information content (AvgIpc) is 2.94. The van der Waals surface area contributed by atoms with Crippen LogP contribution in [0.25, 0.3) is 0 Å². The van der Waals surface area contributed by atoms with Crippen LogP contribution >= 0.6 is 0 Å². The van der Waals surface area contributed by atoms with Crippen molar-refractivity contribution in [3.63, 3.8) is 0 Å². The third-order valence-corrected chi connectivity index (χ3v) is 3.54. The molecule has 0 saturated carbocycles. The van der Waals surface area contributed by atoms with E-state index < -0.39 is 6.03 Å². The van der Waals surface area contributed by atoms with E-state index in [2.05, 4.69) is 5.10 Å². The SMILES string of the molecule is NC(=O)N1N=C(c2ccccc2)CC1c1ccccc1O. The van der Waals surface area contributed by atoms with Crippen LogP contribution in [-0.4, -0.2) is 21.9 Å². The lowest BCUT2D eigenvalue weighted by Crippen LogP contribution is -2.31. The van der Waals surface area contributed by atoms with Crippen LogP contribution in [0.4, 0.5) is 4.79 Å². The largest absolute Gasteiger partial charge is 0.508 e. The van der Waals surface area contributed by atoms with Gasteiger partial charge in [0.15, 0.2) is 0 Å². The van der Waals surface area contributed by atoms with Crippen molar-refractivity contribution in [2.45, 2.75) is 12.5 Å². The number of phenolic OH excluding ortho intramolecular Hbond substituents is 1. The Hall–Kier alpha value is -2.82. The second kappa shape index (κ2) is 5.28. The first-order valence-electron chi connectivity index (χ1n) is 6.66. The molecule has 1 atom stereocenters. The van der Waals surface area contributed by atoms with Crippen molar-refractivity contribution < 1.29 is 9.90 Å². The Morgan fingerprint density at radius 2 is 1.81 bits per heavy atom. The summed E-state index contributed by atoms with van der Waals surface area (Å²) in [4.78, 5) is 11.6. The van der Waals surface area contributed by atoms with Crippen molar-refractivity contribution in [3.8, 4) is 5.75 Å². The molecule has 21 heavy (non-hydrogen) atoms. The number of phenols is 1. The van der Waals surface area contributed by atoms with Crippen molar-refractivity contribution in [3.05, 3.63) is 65.7 Å². The smallest absolute Gasteiger partial charge is 0.335 e. The van der Waals surface area contributed by atoms with Gasteiger partial charge in [0.25, 0.3) is 0 Å². The highest BCUT2D eigenvalue weighted by molar-refractivity contribution is 6.03. The molecule has 1 unspecified atom stereocenters. The zero-order valence-electron chi connectivity index (χ0n) is 11.3. The van der Waals surface area contributed by atoms with Crippen LogP contribution in [0.15, 0.2) is 59.7 Å². The summed E-state index contributed by atoms with van der Waals surface area (Å²) >= 11 is 0. The molecule has 0 fully saturated rings. The van der Waals surface area contributed by atoms with E-state index in [9.17, 15) is 9.90 Å². The number of carbonyl (C=O) groups excluding carboxylic acids is 1. The quantitative estimate of drug-likeness (QED) is 0.887. The maximum atomic E-state index is 11.6. The minimum atomic E-state index is -0.630. The maximum absolute atomic E-state index is 11.6. The highest BCUT2D eigenvalue weighted by Crippen LogP contribution is 2.36. The second-order valence-electron chi connectivity index (χ2n) is 4.87. The fourth-order valence-electron chi connectivity index (χ4n) is 2.53. The number of carbonyl (C=O) groups is 1. The van der Waals surface area contributed by atoms with Crippen LogP contribution in [0.3, 0.4) is 0 Å². The van der Waals surface area contributed by atoms with Gasteiger partial charge in [-0.15, -0.1) is 0 Å². The number of amides is 2. The lowest BCUT2D eigenvalue weighted by Gasteiger charge is -2.20. The molecule has 1 aliphatic heterocycles. The Morgan fingerprint density at radius 3 is 2.48 bits per heavy atom. The first-order valence-corrected chi connectivity index (χ1v) is 6.66. The van der Waals surface area contributed by atoms with Crippen molar-refractivity contribution in [1.29, 1.82) is 0 Å². The van der Waals surface area contributed by atoms with Gasteiger partial charge in [0, 0.05) is 12.0 Å². The topological polar surface area (TPSA) is 78.9 Å². The monoisotopic (exact) mass is 281 g/mol. The van der Waals surface area contributed by atoms with Crippen molar-refractivity contribution in [2.75, 3.05) is 0 Å². The standard InChI is InChI=1S/C16H15N3O2/c17-16(21)19-14(12-8-4-5-9-15(12)20)10-13(18-19)11-6-2-1-3-7-11/h1-9,14,20H,10H2,(H2,17,21). The van der Waals surface area contributed by atoms with E-state index in [1.54, 1.807) is 18.2 Å². The van der Waals surface area contributed by atoms with E-state index in [-0.39, 0.29) is 11.8 Å². The van der Waals surface area contributed by atoms with Gasteiger partial charge in [-0.2, -0.15) is 5.10 Å². The molecule has 1 heterocycles. The van der Waals surface area contributed by atoms with Gasteiger partial charge in [-0.25, -0.2) is 9.80 Å². The fourth-order valence-corrected chi connectivity index (χ4v) is 2.53. The lowest BCUT2D eigenvalue weighted by atomic mass is 9.98. The molecule has 0 spiro atoms. The Bertz CT molecular complexity index is 698. The molecule has 3 N–H and O–H groups in total. The normalized spacial score (nSPS) is 17.6. The lowest BCUT2D eigenvalue weighted by molar-refractivity contribution is 0.195.